The second-order valence-corrected chi connectivity index (χ2v) is 6.70. The van der Waals surface area contributed by atoms with Crippen molar-refractivity contribution in [1.29, 1.82) is 0 Å². The molecule has 0 aliphatic heterocycles. The van der Waals surface area contributed by atoms with Crippen LogP contribution in [-0.4, -0.2) is 23.0 Å². The zero-order chi connectivity index (χ0) is 14.5. The van der Waals surface area contributed by atoms with E-state index in [1.54, 1.807) is 11.3 Å². The Bertz CT molecular complexity index is 420. The minimum Gasteiger partial charge on any atom is -0.481 e. The number of hydrogen-bond acceptors (Lipinski definition) is 3. The van der Waals surface area contributed by atoms with Crippen LogP contribution >= 0.6 is 11.3 Å². The highest BCUT2D eigenvalue weighted by Gasteiger charge is 2.28. The number of aliphatic carboxylic acids is 1. The van der Waals surface area contributed by atoms with Crippen molar-refractivity contribution in [2.45, 2.75) is 46.1 Å². The van der Waals surface area contributed by atoms with E-state index in [4.69, 9.17) is 5.11 Å². The van der Waals surface area contributed by atoms with Gasteiger partial charge in [-0.05, 0) is 23.3 Å². The summed E-state index contributed by atoms with van der Waals surface area (Å²) in [5.74, 6) is -0.979. The highest BCUT2D eigenvalue weighted by atomic mass is 32.1. The predicted octanol–water partition coefficient (Wildman–Crippen LogP) is 2.69. The zero-order valence-corrected chi connectivity index (χ0v) is 12.4. The molecule has 19 heavy (non-hydrogen) atoms. The maximum absolute atomic E-state index is 11.9. The Labute approximate surface area is 117 Å². The van der Waals surface area contributed by atoms with Crippen LogP contribution in [0.4, 0.5) is 0 Å². The highest BCUT2D eigenvalue weighted by Crippen LogP contribution is 2.22. The summed E-state index contributed by atoms with van der Waals surface area (Å²) in [7, 11) is 0. The number of nitrogens with one attached hydrogen (secondary N) is 1. The van der Waals surface area contributed by atoms with Gasteiger partial charge in [0, 0.05) is 17.3 Å². The van der Waals surface area contributed by atoms with Crippen LogP contribution in [0.2, 0.25) is 0 Å². The summed E-state index contributed by atoms with van der Waals surface area (Å²) in [5, 5.41) is 13.7. The van der Waals surface area contributed by atoms with E-state index in [9.17, 15) is 9.59 Å². The quantitative estimate of drug-likeness (QED) is 0.843. The Hall–Kier alpha value is -1.36. The number of amides is 1. The van der Waals surface area contributed by atoms with E-state index < -0.39 is 5.97 Å². The summed E-state index contributed by atoms with van der Waals surface area (Å²) in [6.07, 6.45) is 1.05. The van der Waals surface area contributed by atoms with Crippen LogP contribution in [0.25, 0.3) is 0 Å². The molecule has 1 unspecified atom stereocenters. The zero-order valence-electron chi connectivity index (χ0n) is 11.6. The molecule has 1 aromatic heterocycles. The van der Waals surface area contributed by atoms with E-state index in [0.29, 0.717) is 12.8 Å². The average Bonchev–Trinajstić information content (AvgIpc) is 2.76. The summed E-state index contributed by atoms with van der Waals surface area (Å²) >= 11 is 1.63. The third-order valence-electron chi connectivity index (χ3n) is 2.94. The van der Waals surface area contributed by atoms with Crippen LogP contribution in [0.3, 0.4) is 0 Å². The second kappa shape index (κ2) is 6.70. The fourth-order valence-corrected chi connectivity index (χ4v) is 2.42. The SMILES string of the molecule is CC(C)(C)C(CC(=O)O)NC(=O)CCc1cccs1. The van der Waals surface area contributed by atoms with E-state index in [2.05, 4.69) is 5.32 Å². The first-order chi connectivity index (χ1) is 8.79. The van der Waals surface area contributed by atoms with Crippen molar-refractivity contribution in [2.24, 2.45) is 5.41 Å². The molecule has 1 amide bonds. The molecule has 1 aromatic rings. The normalized spacial score (nSPS) is 13.0. The van der Waals surface area contributed by atoms with Crippen molar-refractivity contribution >= 4 is 23.2 Å². The van der Waals surface area contributed by atoms with E-state index in [1.165, 1.54) is 4.88 Å². The van der Waals surface area contributed by atoms with Gasteiger partial charge in [0.1, 0.15) is 0 Å². The molecule has 0 spiro atoms. The number of carbonyl (C=O) groups excluding carboxylic acids is 1. The molecule has 1 rings (SSSR count). The Morgan fingerprint density at radius 2 is 2.11 bits per heavy atom. The molecule has 0 saturated carbocycles. The molecule has 0 radical (unpaired) electrons. The van der Waals surface area contributed by atoms with Crippen LogP contribution < -0.4 is 5.32 Å². The lowest BCUT2D eigenvalue weighted by atomic mass is 9.84. The summed E-state index contributed by atoms with van der Waals surface area (Å²) < 4.78 is 0. The number of carboxylic acid groups (broad SMARTS) is 1. The van der Waals surface area contributed by atoms with Crippen LogP contribution in [0, 0.1) is 5.41 Å². The van der Waals surface area contributed by atoms with E-state index in [0.717, 1.165) is 0 Å². The fraction of sp³-hybridized carbons (Fsp3) is 0.571. The fourth-order valence-electron chi connectivity index (χ4n) is 1.71. The number of aryl methyl sites for hydroxylation is 1. The van der Waals surface area contributed by atoms with Crippen molar-refractivity contribution in [1.82, 2.24) is 5.32 Å². The lowest BCUT2D eigenvalue weighted by Gasteiger charge is -2.30. The van der Waals surface area contributed by atoms with Crippen molar-refractivity contribution in [3.8, 4) is 0 Å². The first kappa shape index (κ1) is 15.7. The number of hydrogen-bond donors (Lipinski definition) is 2. The molecule has 0 saturated heterocycles. The van der Waals surface area contributed by atoms with Gasteiger partial charge in [-0.1, -0.05) is 26.8 Å². The summed E-state index contributed by atoms with van der Waals surface area (Å²) in [5.41, 5.74) is -0.267. The standard InChI is InChI=1S/C14H21NO3S/c1-14(2,3)11(9-13(17)18)15-12(16)7-6-10-5-4-8-19-10/h4-5,8,11H,6-7,9H2,1-3H3,(H,15,16)(H,17,18). The summed E-state index contributed by atoms with van der Waals surface area (Å²) in [4.78, 5) is 23.9. The van der Waals surface area contributed by atoms with Gasteiger partial charge in [-0.15, -0.1) is 11.3 Å². The molecule has 0 fully saturated rings. The Morgan fingerprint density at radius 1 is 1.42 bits per heavy atom. The van der Waals surface area contributed by atoms with Gasteiger partial charge in [0.2, 0.25) is 5.91 Å². The largest absolute Gasteiger partial charge is 0.481 e. The number of carboxylic acids is 1. The molecular weight excluding hydrogens is 262 g/mol. The van der Waals surface area contributed by atoms with Crippen LogP contribution in [-0.2, 0) is 16.0 Å². The predicted molar refractivity (Wildman–Crippen MR) is 76.3 cm³/mol. The smallest absolute Gasteiger partial charge is 0.305 e. The molecule has 5 heteroatoms. The maximum Gasteiger partial charge on any atom is 0.305 e. The highest BCUT2D eigenvalue weighted by molar-refractivity contribution is 7.09. The van der Waals surface area contributed by atoms with E-state index in [-0.39, 0.29) is 23.8 Å². The van der Waals surface area contributed by atoms with Crippen LogP contribution in [0.5, 0.6) is 0 Å². The number of carbonyl (C=O) groups is 2. The van der Waals surface area contributed by atoms with Crippen molar-refractivity contribution in [3.05, 3.63) is 22.4 Å². The van der Waals surface area contributed by atoms with Gasteiger partial charge in [-0.25, -0.2) is 0 Å². The van der Waals surface area contributed by atoms with Crippen molar-refractivity contribution < 1.29 is 14.7 Å². The lowest BCUT2D eigenvalue weighted by molar-refractivity contribution is -0.138. The minimum atomic E-state index is -0.890. The molecule has 1 heterocycles. The van der Waals surface area contributed by atoms with Crippen LogP contribution in [0.15, 0.2) is 17.5 Å². The molecule has 2 N–H and O–H groups in total. The molecule has 1 atom stereocenters. The van der Waals surface area contributed by atoms with Gasteiger partial charge in [-0.3, -0.25) is 9.59 Å². The molecule has 4 nitrogen and oxygen atoms in total. The van der Waals surface area contributed by atoms with Gasteiger partial charge in [0.15, 0.2) is 0 Å². The van der Waals surface area contributed by atoms with Gasteiger partial charge in [0.25, 0.3) is 0 Å². The molecule has 0 aromatic carbocycles. The topological polar surface area (TPSA) is 66.4 Å². The first-order valence-corrected chi connectivity index (χ1v) is 7.20. The Morgan fingerprint density at radius 3 is 2.58 bits per heavy atom. The molecular formula is C14H21NO3S. The molecule has 106 valence electrons. The van der Waals surface area contributed by atoms with Gasteiger partial charge < -0.3 is 10.4 Å². The number of thiophene rings is 1. The second-order valence-electron chi connectivity index (χ2n) is 5.66. The monoisotopic (exact) mass is 283 g/mol. The average molecular weight is 283 g/mol. The Kier molecular flexibility index (Phi) is 5.54. The van der Waals surface area contributed by atoms with Crippen molar-refractivity contribution in [2.75, 3.05) is 0 Å². The van der Waals surface area contributed by atoms with Gasteiger partial charge >= 0.3 is 5.97 Å². The first-order valence-electron chi connectivity index (χ1n) is 6.32. The van der Waals surface area contributed by atoms with E-state index in [1.807, 2.05) is 38.3 Å². The molecule has 0 aliphatic carbocycles. The third-order valence-corrected chi connectivity index (χ3v) is 3.87. The van der Waals surface area contributed by atoms with Crippen LogP contribution in [0.1, 0.15) is 38.5 Å². The summed E-state index contributed by atoms with van der Waals surface area (Å²) in [6, 6.07) is 3.61. The van der Waals surface area contributed by atoms with Crippen molar-refractivity contribution in [3.63, 3.8) is 0 Å². The Balaban J connectivity index is 2.49. The number of rotatable bonds is 6. The van der Waals surface area contributed by atoms with Gasteiger partial charge in [-0.2, -0.15) is 0 Å². The molecule has 0 aliphatic rings. The lowest BCUT2D eigenvalue weighted by Crippen LogP contribution is -2.45. The van der Waals surface area contributed by atoms with Gasteiger partial charge in [0.05, 0.1) is 6.42 Å². The molecule has 0 bridgehead atoms. The third kappa shape index (κ3) is 5.87. The van der Waals surface area contributed by atoms with E-state index >= 15 is 0 Å². The maximum atomic E-state index is 11.9. The summed E-state index contributed by atoms with van der Waals surface area (Å²) in [6.45, 7) is 5.79. The minimum absolute atomic E-state index is 0.0474.